The van der Waals surface area contributed by atoms with Crippen LogP contribution in [-0.2, 0) is 0 Å². The van der Waals surface area contributed by atoms with E-state index < -0.39 is 5.83 Å². The van der Waals surface area contributed by atoms with Gasteiger partial charge >= 0.3 is 0 Å². The van der Waals surface area contributed by atoms with Gasteiger partial charge in [-0.15, -0.1) is 0 Å². The van der Waals surface area contributed by atoms with Crippen LogP contribution >= 0.6 is 11.6 Å². The molecule has 0 saturated carbocycles. The predicted octanol–water partition coefficient (Wildman–Crippen LogP) is 3.17. The molecule has 50 valence electrons. The molecule has 2 heteroatoms. The van der Waals surface area contributed by atoms with Gasteiger partial charge in [0.1, 0.15) is 5.83 Å². The molecule has 0 aromatic rings. The Labute approximate surface area is 59.3 Å². The van der Waals surface area contributed by atoms with Crippen molar-refractivity contribution in [1.82, 2.24) is 0 Å². The normalized spacial score (nSPS) is 12.3. The Kier molecular flexibility index (Phi) is 3.25. The highest BCUT2D eigenvalue weighted by Gasteiger charge is 1.97. The van der Waals surface area contributed by atoms with Crippen LogP contribution < -0.4 is 0 Å². The van der Waals surface area contributed by atoms with Crippen molar-refractivity contribution in [1.29, 1.82) is 0 Å². The molecule has 9 heavy (non-hydrogen) atoms. The molecule has 0 fully saturated rings. The lowest BCUT2D eigenvalue weighted by atomic mass is 10.2. The van der Waals surface area contributed by atoms with Crippen molar-refractivity contribution >= 4 is 11.6 Å². The standard InChI is InChI=1S/C7H8ClF/c1-4-7(9)5(2)6(3)8/h4H,1,3H2,2H3/b7-5+. The number of hydrogen-bond donors (Lipinski definition) is 0. The maximum absolute atomic E-state index is 12.4. The summed E-state index contributed by atoms with van der Waals surface area (Å²) in [4.78, 5) is 0. The SMILES string of the molecule is C=C/C(F)=C(/C)C(=C)Cl. The van der Waals surface area contributed by atoms with Gasteiger partial charge < -0.3 is 0 Å². The summed E-state index contributed by atoms with van der Waals surface area (Å²) in [5.41, 5.74) is 0.340. The molecular weight excluding hydrogens is 139 g/mol. The van der Waals surface area contributed by atoms with Crippen molar-refractivity contribution in [3.05, 3.63) is 35.7 Å². The first-order chi connectivity index (χ1) is 4.09. The molecule has 0 aliphatic rings. The van der Waals surface area contributed by atoms with Crippen molar-refractivity contribution in [2.24, 2.45) is 0 Å². The summed E-state index contributed by atoms with van der Waals surface area (Å²) in [6.45, 7) is 8.12. The van der Waals surface area contributed by atoms with Gasteiger partial charge in [0.05, 0.1) is 0 Å². The number of rotatable bonds is 2. The maximum Gasteiger partial charge on any atom is 0.126 e. The topological polar surface area (TPSA) is 0 Å². The van der Waals surface area contributed by atoms with Gasteiger partial charge in [0.25, 0.3) is 0 Å². The summed E-state index contributed by atoms with van der Waals surface area (Å²) < 4.78 is 12.4. The molecule has 0 N–H and O–H groups in total. The highest BCUT2D eigenvalue weighted by atomic mass is 35.5. The van der Waals surface area contributed by atoms with Crippen LogP contribution in [0.2, 0.25) is 0 Å². The van der Waals surface area contributed by atoms with Crippen LogP contribution in [0.5, 0.6) is 0 Å². The Morgan fingerprint density at radius 2 is 2.11 bits per heavy atom. The maximum atomic E-state index is 12.4. The quantitative estimate of drug-likeness (QED) is 0.525. The molecule has 0 bridgehead atoms. The highest BCUT2D eigenvalue weighted by molar-refractivity contribution is 6.31. The summed E-state index contributed by atoms with van der Waals surface area (Å²) in [5, 5.41) is 0.215. The first-order valence-corrected chi connectivity index (χ1v) is 2.81. The Morgan fingerprint density at radius 1 is 1.67 bits per heavy atom. The summed E-state index contributed by atoms with van der Waals surface area (Å²) in [7, 11) is 0. The highest BCUT2D eigenvalue weighted by Crippen LogP contribution is 2.16. The molecule has 0 radical (unpaired) electrons. The average molecular weight is 147 g/mol. The van der Waals surface area contributed by atoms with Crippen LogP contribution in [0.4, 0.5) is 4.39 Å². The average Bonchev–Trinajstić information content (AvgIpc) is 1.84. The zero-order valence-corrected chi connectivity index (χ0v) is 6.00. The molecule has 0 saturated heterocycles. The van der Waals surface area contributed by atoms with Gasteiger partial charge in [0.2, 0.25) is 0 Å². The van der Waals surface area contributed by atoms with Crippen molar-refractivity contribution < 1.29 is 4.39 Å². The van der Waals surface area contributed by atoms with E-state index >= 15 is 0 Å². The summed E-state index contributed by atoms with van der Waals surface area (Å²) >= 11 is 5.36. The molecule has 0 rings (SSSR count). The van der Waals surface area contributed by atoms with Gasteiger partial charge in [-0.3, -0.25) is 0 Å². The third-order valence-electron chi connectivity index (χ3n) is 0.944. The van der Waals surface area contributed by atoms with E-state index in [9.17, 15) is 4.39 Å². The number of allylic oxidation sites excluding steroid dienone is 4. The van der Waals surface area contributed by atoms with Gasteiger partial charge in [0, 0.05) is 10.6 Å². The molecule has 0 nitrogen and oxygen atoms in total. The Morgan fingerprint density at radius 3 is 2.22 bits per heavy atom. The van der Waals surface area contributed by atoms with E-state index in [1.807, 2.05) is 0 Å². The fraction of sp³-hybridized carbons (Fsp3) is 0.143. The smallest absolute Gasteiger partial charge is 0.126 e. The van der Waals surface area contributed by atoms with E-state index in [-0.39, 0.29) is 5.03 Å². The van der Waals surface area contributed by atoms with Crippen molar-refractivity contribution in [2.45, 2.75) is 6.92 Å². The molecule has 0 aliphatic carbocycles. The second-order valence-electron chi connectivity index (χ2n) is 1.58. The number of hydrogen-bond acceptors (Lipinski definition) is 0. The lowest BCUT2D eigenvalue weighted by Crippen LogP contribution is -1.76. The second-order valence-corrected chi connectivity index (χ2v) is 2.04. The monoisotopic (exact) mass is 146 g/mol. The van der Waals surface area contributed by atoms with E-state index in [1.54, 1.807) is 6.92 Å². The van der Waals surface area contributed by atoms with Gasteiger partial charge in [0.15, 0.2) is 0 Å². The fourth-order valence-electron chi connectivity index (χ4n) is 0.283. The first kappa shape index (κ1) is 8.44. The molecule has 0 aliphatic heterocycles. The molecule has 0 amide bonds. The van der Waals surface area contributed by atoms with Crippen LogP contribution in [0.25, 0.3) is 0 Å². The van der Waals surface area contributed by atoms with E-state index in [1.165, 1.54) is 0 Å². The minimum atomic E-state index is -0.421. The third-order valence-corrected chi connectivity index (χ3v) is 1.23. The van der Waals surface area contributed by atoms with E-state index in [0.29, 0.717) is 5.57 Å². The summed E-state index contributed by atoms with van der Waals surface area (Å²) in [6, 6.07) is 0. The van der Waals surface area contributed by atoms with Gasteiger partial charge in [-0.1, -0.05) is 24.8 Å². The van der Waals surface area contributed by atoms with E-state index in [2.05, 4.69) is 13.2 Å². The lowest BCUT2D eigenvalue weighted by molar-refractivity contribution is 0.658. The molecule has 0 unspecified atom stereocenters. The minimum Gasteiger partial charge on any atom is -0.207 e. The van der Waals surface area contributed by atoms with Crippen molar-refractivity contribution in [2.75, 3.05) is 0 Å². The van der Waals surface area contributed by atoms with Gasteiger partial charge in [-0.25, -0.2) is 4.39 Å². The van der Waals surface area contributed by atoms with Crippen LogP contribution in [0, 0.1) is 0 Å². The lowest BCUT2D eigenvalue weighted by Gasteiger charge is -1.94. The van der Waals surface area contributed by atoms with Crippen LogP contribution in [0.3, 0.4) is 0 Å². The van der Waals surface area contributed by atoms with E-state index in [0.717, 1.165) is 6.08 Å². The Balaban J connectivity index is 4.47. The second kappa shape index (κ2) is 3.46. The van der Waals surface area contributed by atoms with Crippen molar-refractivity contribution in [3.8, 4) is 0 Å². The largest absolute Gasteiger partial charge is 0.207 e. The van der Waals surface area contributed by atoms with E-state index in [4.69, 9.17) is 11.6 Å². The molecule has 0 heterocycles. The fourth-order valence-corrected chi connectivity index (χ4v) is 0.373. The Bertz CT molecular complexity index is 168. The van der Waals surface area contributed by atoms with Gasteiger partial charge in [-0.05, 0) is 13.0 Å². The van der Waals surface area contributed by atoms with Gasteiger partial charge in [-0.2, -0.15) is 0 Å². The summed E-state index contributed by atoms with van der Waals surface area (Å²) in [6.07, 6.45) is 1.10. The zero-order chi connectivity index (χ0) is 7.44. The zero-order valence-electron chi connectivity index (χ0n) is 5.25. The van der Waals surface area contributed by atoms with Crippen LogP contribution in [0.1, 0.15) is 6.92 Å². The number of halogens is 2. The van der Waals surface area contributed by atoms with Crippen molar-refractivity contribution in [3.63, 3.8) is 0 Å². The third kappa shape index (κ3) is 2.47. The predicted molar refractivity (Wildman–Crippen MR) is 39.0 cm³/mol. The molecule has 0 atom stereocenters. The minimum absolute atomic E-state index is 0.215. The van der Waals surface area contributed by atoms with Crippen LogP contribution in [-0.4, -0.2) is 0 Å². The van der Waals surface area contributed by atoms with Crippen LogP contribution in [0.15, 0.2) is 35.7 Å². The first-order valence-electron chi connectivity index (χ1n) is 2.43. The molecule has 0 aromatic heterocycles. The molecule has 0 spiro atoms. The molecular formula is C7H8ClF. The summed E-state index contributed by atoms with van der Waals surface area (Å²) in [5.74, 6) is -0.421. The Hall–Kier alpha value is -0.560. The molecule has 0 aromatic carbocycles.